The lowest BCUT2D eigenvalue weighted by Gasteiger charge is -1.97. The number of pyridine rings is 1. The number of hydrogen-bond acceptors (Lipinski definition) is 2. The van der Waals surface area contributed by atoms with Crippen LogP contribution >= 0.6 is 23.2 Å². The molecule has 5 heteroatoms. The monoisotopic (exact) mass is 213 g/mol. The molecule has 0 radical (unpaired) electrons. The number of H-pyrrole nitrogens is 1. The van der Waals surface area contributed by atoms with Crippen molar-refractivity contribution < 1.29 is 0 Å². The van der Waals surface area contributed by atoms with Crippen LogP contribution in [0, 0.1) is 0 Å². The van der Waals surface area contributed by atoms with Gasteiger partial charge in [0.15, 0.2) is 0 Å². The maximum absolute atomic E-state index is 5.79. The topological polar surface area (TPSA) is 41.6 Å². The van der Waals surface area contributed by atoms with Gasteiger partial charge in [0.2, 0.25) is 0 Å². The van der Waals surface area contributed by atoms with Crippen LogP contribution in [-0.2, 0) is 0 Å². The van der Waals surface area contributed by atoms with Crippen LogP contribution in [0.5, 0.6) is 0 Å². The molecule has 2 aromatic heterocycles. The molecule has 0 saturated heterocycles. The number of hydrogen-bond donors (Lipinski definition) is 1. The van der Waals surface area contributed by atoms with Crippen LogP contribution in [0.2, 0.25) is 10.2 Å². The van der Waals surface area contributed by atoms with Gasteiger partial charge in [0.05, 0.1) is 5.02 Å². The summed E-state index contributed by atoms with van der Waals surface area (Å²) in [7, 11) is 0. The van der Waals surface area contributed by atoms with Crippen molar-refractivity contribution in [1.82, 2.24) is 15.0 Å². The predicted molar refractivity (Wildman–Crippen MR) is 51.8 cm³/mol. The first-order valence-corrected chi connectivity index (χ1v) is 4.34. The van der Waals surface area contributed by atoms with Gasteiger partial charge in [-0.15, -0.1) is 0 Å². The van der Waals surface area contributed by atoms with Crippen LogP contribution in [0.15, 0.2) is 24.7 Å². The lowest BCUT2D eigenvalue weighted by Crippen LogP contribution is -1.83. The normalized spacial score (nSPS) is 10.3. The molecule has 0 atom stereocenters. The number of nitrogens with one attached hydrogen (secondary N) is 1. The van der Waals surface area contributed by atoms with E-state index in [1.807, 2.05) is 0 Å². The summed E-state index contributed by atoms with van der Waals surface area (Å²) in [5.74, 6) is 0.728. The summed E-state index contributed by atoms with van der Waals surface area (Å²) in [6, 6.07) is 1.72. The molecule has 0 aromatic carbocycles. The molecule has 66 valence electrons. The van der Waals surface area contributed by atoms with Gasteiger partial charge < -0.3 is 4.98 Å². The summed E-state index contributed by atoms with van der Waals surface area (Å²) in [5.41, 5.74) is 0.819. The van der Waals surface area contributed by atoms with E-state index < -0.39 is 0 Å². The first-order chi connectivity index (χ1) is 6.27. The fourth-order valence-electron chi connectivity index (χ4n) is 0.974. The van der Waals surface area contributed by atoms with Crippen LogP contribution in [0.3, 0.4) is 0 Å². The molecule has 0 bridgehead atoms. The zero-order valence-electron chi connectivity index (χ0n) is 6.46. The Balaban J connectivity index is 2.49. The maximum Gasteiger partial charge on any atom is 0.147 e. The minimum atomic E-state index is 0.303. The molecule has 2 heterocycles. The Labute approximate surface area is 84.7 Å². The summed E-state index contributed by atoms with van der Waals surface area (Å²) >= 11 is 11.5. The number of imidazole rings is 1. The molecule has 0 aliphatic carbocycles. The minimum absolute atomic E-state index is 0.303. The van der Waals surface area contributed by atoms with Crippen LogP contribution in [0.1, 0.15) is 0 Å². The third-order valence-corrected chi connectivity index (χ3v) is 2.25. The number of aromatic nitrogens is 3. The fourth-order valence-corrected chi connectivity index (χ4v) is 1.24. The molecule has 0 unspecified atom stereocenters. The third-order valence-electron chi connectivity index (χ3n) is 1.57. The standard InChI is InChI=1S/C8H5Cl2N3/c9-6-3-5(4-13-7(6)10)8-11-1-2-12-8/h1-4H,(H,11,12). The average Bonchev–Trinajstić information content (AvgIpc) is 2.62. The number of rotatable bonds is 1. The largest absolute Gasteiger partial charge is 0.345 e. The quantitative estimate of drug-likeness (QED) is 0.741. The van der Waals surface area contributed by atoms with Crippen molar-refractivity contribution in [2.45, 2.75) is 0 Å². The highest BCUT2D eigenvalue weighted by Crippen LogP contribution is 2.23. The summed E-state index contributed by atoms with van der Waals surface area (Å²) < 4.78 is 0. The van der Waals surface area contributed by atoms with Crippen LogP contribution < -0.4 is 0 Å². The van der Waals surface area contributed by atoms with E-state index in [0.29, 0.717) is 10.2 Å². The van der Waals surface area contributed by atoms with E-state index >= 15 is 0 Å². The lowest BCUT2D eigenvalue weighted by molar-refractivity contribution is 1.26. The Kier molecular flexibility index (Phi) is 2.20. The van der Waals surface area contributed by atoms with E-state index in [2.05, 4.69) is 15.0 Å². The summed E-state index contributed by atoms with van der Waals surface area (Å²) in [5, 5.41) is 0.729. The van der Waals surface area contributed by atoms with Gasteiger partial charge in [-0.1, -0.05) is 23.2 Å². The number of nitrogens with zero attached hydrogens (tertiary/aromatic N) is 2. The third kappa shape index (κ3) is 1.66. The zero-order valence-corrected chi connectivity index (χ0v) is 7.97. The van der Waals surface area contributed by atoms with E-state index in [4.69, 9.17) is 23.2 Å². The van der Waals surface area contributed by atoms with Crippen molar-refractivity contribution >= 4 is 23.2 Å². The fraction of sp³-hybridized carbons (Fsp3) is 0. The Morgan fingerprint density at radius 2 is 2.08 bits per heavy atom. The van der Waals surface area contributed by atoms with Gasteiger partial charge in [0.1, 0.15) is 11.0 Å². The maximum atomic E-state index is 5.79. The molecule has 0 aliphatic heterocycles. The Bertz CT molecular complexity index is 411. The van der Waals surface area contributed by atoms with E-state index in [9.17, 15) is 0 Å². The SMILES string of the molecule is Clc1cc(-c2ncc[nH]2)cnc1Cl. The molecule has 0 fully saturated rings. The number of aromatic amines is 1. The number of halogens is 2. The molecule has 0 aliphatic rings. The highest BCUT2D eigenvalue weighted by atomic mass is 35.5. The van der Waals surface area contributed by atoms with Crippen molar-refractivity contribution in [3.63, 3.8) is 0 Å². The van der Waals surface area contributed by atoms with Crippen LogP contribution in [-0.4, -0.2) is 15.0 Å². The summed E-state index contributed by atoms with van der Waals surface area (Å²) in [4.78, 5) is 10.9. The van der Waals surface area contributed by atoms with Crippen molar-refractivity contribution in [1.29, 1.82) is 0 Å². The van der Waals surface area contributed by atoms with Gasteiger partial charge >= 0.3 is 0 Å². The lowest BCUT2D eigenvalue weighted by atomic mass is 10.3. The van der Waals surface area contributed by atoms with E-state index in [1.54, 1.807) is 24.7 Å². The molecule has 0 saturated carbocycles. The van der Waals surface area contributed by atoms with E-state index in [1.165, 1.54) is 0 Å². The van der Waals surface area contributed by atoms with Crippen molar-refractivity contribution in [2.75, 3.05) is 0 Å². The molecule has 0 amide bonds. The first-order valence-electron chi connectivity index (χ1n) is 3.58. The molecule has 1 N–H and O–H groups in total. The van der Waals surface area contributed by atoms with Crippen molar-refractivity contribution in [2.24, 2.45) is 0 Å². The van der Waals surface area contributed by atoms with Gasteiger partial charge in [-0.2, -0.15) is 0 Å². The Hall–Kier alpha value is -1.06. The summed E-state index contributed by atoms with van der Waals surface area (Å²) in [6.07, 6.45) is 5.02. The smallest absolute Gasteiger partial charge is 0.147 e. The van der Waals surface area contributed by atoms with Gasteiger partial charge in [-0.25, -0.2) is 9.97 Å². The summed E-state index contributed by atoms with van der Waals surface area (Å²) in [6.45, 7) is 0. The predicted octanol–water partition coefficient (Wildman–Crippen LogP) is 2.78. The molecule has 3 nitrogen and oxygen atoms in total. The minimum Gasteiger partial charge on any atom is -0.345 e. The molecule has 2 rings (SSSR count). The van der Waals surface area contributed by atoms with E-state index in [0.717, 1.165) is 11.4 Å². The van der Waals surface area contributed by atoms with Gasteiger partial charge in [0.25, 0.3) is 0 Å². The highest BCUT2D eigenvalue weighted by molar-refractivity contribution is 6.41. The second-order valence-electron chi connectivity index (χ2n) is 2.43. The van der Waals surface area contributed by atoms with E-state index in [-0.39, 0.29) is 0 Å². The molecular weight excluding hydrogens is 209 g/mol. The van der Waals surface area contributed by atoms with Gasteiger partial charge in [0, 0.05) is 24.2 Å². The first kappa shape index (κ1) is 8.53. The van der Waals surface area contributed by atoms with Crippen molar-refractivity contribution in [3.05, 3.63) is 34.8 Å². The van der Waals surface area contributed by atoms with Crippen molar-refractivity contribution in [3.8, 4) is 11.4 Å². The molecule has 2 aromatic rings. The second kappa shape index (κ2) is 3.36. The van der Waals surface area contributed by atoms with Gasteiger partial charge in [-0.05, 0) is 6.07 Å². The highest BCUT2D eigenvalue weighted by Gasteiger charge is 2.03. The molecule has 0 spiro atoms. The van der Waals surface area contributed by atoms with Gasteiger partial charge in [-0.3, -0.25) is 0 Å². The van der Waals surface area contributed by atoms with Crippen LogP contribution in [0.4, 0.5) is 0 Å². The molecular formula is C8H5Cl2N3. The Morgan fingerprint density at radius 1 is 1.23 bits per heavy atom. The Morgan fingerprint density at radius 3 is 2.69 bits per heavy atom. The second-order valence-corrected chi connectivity index (χ2v) is 3.20. The average molecular weight is 214 g/mol. The van der Waals surface area contributed by atoms with Crippen LogP contribution in [0.25, 0.3) is 11.4 Å². The molecule has 13 heavy (non-hydrogen) atoms. The zero-order chi connectivity index (χ0) is 9.26.